The van der Waals surface area contributed by atoms with Gasteiger partial charge in [0.15, 0.2) is 11.5 Å². The summed E-state index contributed by atoms with van der Waals surface area (Å²) in [5, 5.41) is 3.30. The fourth-order valence-electron chi connectivity index (χ4n) is 1.88. The summed E-state index contributed by atoms with van der Waals surface area (Å²) in [5.74, 6) is 1.98. The first-order valence-electron chi connectivity index (χ1n) is 6.35. The molecule has 2 N–H and O–H groups in total. The Morgan fingerprint density at radius 2 is 2.26 bits per heavy atom. The maximum Gasteiger partial charge on any atom is 0.198 e. The zero-order valence-electron chi connectivity index (χ0n) is 11.0. The number of anilines is 1. The van der Waals surface area contributed by atoms with Crippen LogP contribution in [0.5, 0.6) is 0 Å². The largest absolute Gasteiger partial charge is 0.440 e. The molecule has 0 saturated carbocycles. The quantitative estimate of drug-likeness (QED) is 0.751. The smallest absolute Gasteiger partial charge is 0.198 e. The van der Waals surface area contributed by atoms with Crippen LogP contribution in [0, 0.1) is 0 Å². The van der Waals surface area contributed by atoms with Gasteiger partial charge < -0.3 is 14.7 Å². The highest BCUT2D eigenvalue weighted by Gasteiger charge is 2.09. The fraction of sp³-hybridized carbons (Fsp3) is 0.286. The standard InChI is InChI=1S/C14H16N4O/c1-9(2)14-18-11-7-10(3-4-12(11)19-14)17-8-13-15-5-6-16-13/h3-7,9,17H,8H2,1-2H3,(H,15,16). The number of imidazole rings is 1. The second-order valence-electron chi connectivity index (χ2n) is 4.78. The van der Waals surface area contributed by atoms with E-state index in [1.54, 1.807) is 6.20 Å². The lowest BCUT2D eigenvalue weighted by molar-refractivity contribution is 0.501. The monoisotopic (exact) mass is 256 g/mol. The van der Waals surface area contributed by atoms with E-state index in [1.807, 2.05) is 24.4 Å². The minimum absolute atomic E-state index is 0.298. The molecule has 0 aliphatic carbocycles. The lowest BCUT2D eigenvalue weighted by atomic mass is 10.2. The van der Waals surface area contributed by atoms with E-state index in [1.165, 1.54) is 0 Å². The molecule has 0 fully saturated rings. The summed E-state index contributed by atoms with van der Waals surface area (Å²) in [6.07, 6.45) is 3.56. The summed E-state index contributed by atoms with van der Waals surface area (Å²) in [4.78, 5) is 11.7. The van der Waals surface area contributed by atoms with E-state index >= 15 is 0 Å². The van der Waals surface area contributed by atoms with Crippen molar-refractivity contribution in [3.05, 3.63) is 42.3 Å². The lowest BCUT2D eigenvalue weighted by Gasteiger charge is -2.03. The van der Waals surface area contributed by atoms with Crippen LogP contribution in [0.3, 0.4) is 0 Å². The summed E-state index contributed by atoms with van der Waals surface area (Å²) in [6, 6.07) is 5.92. The van der Waals surface area contributed by atoms with Crippen LogP contribution in [0.4, 0.5) is 5.69 Å². The predicted octanol–water partition coefficient (Wildman–Crippen LogP) is 3.29. The molecule has 0 unspecified atom stereocenters. The third kappa shape index (κ3) is 2.45. The molecule has 3 rings (SSSR count). The van der Waals surface area contributed by atoms with Gasteiger partial charge in [-0.15, -0.1) is 0 Å². The molecule has 0 spiro atoms. The van der Waals surface area contributed by atoms with Crippen molar-refractivity contribution in [1.82, 2.24) is 15.0 Å². The average Bonchev–Trinajstić information content (AvgIpc) is 3.04. The molecule has 0 saturated heterocycles. The Morgan fingerprint density at radius 3 is 3.00 bits per heavy atom. The van der Waals surface area contributed by atoms with Gasteiger partial charge in [0.2, 0.25) is 0 Å². The molecular weight excluding hydrogens is 240 g/mol. The van der Waals surface area contributed by atoms with Crippen molar-refractivity contribution in [2.75, 3.05) is 5.32 Å². The molecule has 2 heterocycles. The molecule has 0 aliphatic rings. The minimum atomic E-state index is 0.298. The summed E-state index contributed by atoms with van der Waals surface area (Å²) < 4.78 is 5.68. The molecule has 98 valence electrons. The van der Waals surface area contributed by atoms with Crippen molar-refractivity contribution in [3.63, 3.8) is 0 Å². The highest BCUT2D eigenvalue weighted by molar-refractivity contribution is 5.77. The molecule has 0 radical (unpaired) electrons. The van der Waals surface area contributed by atoms with Gasteiger partial charge in [-0.1, -0.05) is 13.8 Å². The maximum absolute atomic E-state index is 5.68. The third-order valence-corrected chi connectivity index (χ3v) is 2.91. The van der Waals surface area contributed by atoms with Crippen molar-refractivity contribution >= 4 is 16.8 Å². The van der Waals surface area contributed by atoms with E-state index in [0.717, 1.165) is 28.5 Å². The van der Waals surface area contributed by atoms with Gasteiger partial charge in [-0.3, -0.25) is 0 Å². The van der Waals surface area contributed by atoms with E-state index < -0.39 is 0 Å². The van der Waals surface area contributed by atoms with E-state index in [9.17, 15) is 0 Å². The Balaban J connectivity index is 1.80. The second kappa shape index (κ2) is 4.76. The minimum Gasteiger partial charge on any atom is -0.440 e. The first-order chi connectivity index (χ1) is 9.22. The number of nitrogens with zero attached hydrogens (tertiary/aromatic N) is 2. The van der Waals surface area contributed by atoms with Gasteiger partial charge in [0.25, 0.3) is 0 Å². The highest BCUT2D eigenvalue weighted by Crippen LogP contribution is 2.23. The number of nitrogens with one attached hydrogen (secondary N) is 2. The van der Waals surface area contributed by atoms with Gasteiger partial charge >= 0.3 is 0 Å². The van der Waals surface area contributed by atoms with Gasteiger partial charge in [0.05, 0.1) is 6.54 Å². The fourth-order valence-corrected chi connectivity index (χ4v) is 1.88. The number of H-pyrrole nitrogens is 1. The van der Waals surface area contributed by atoms with Crippen LogP contribution in [-0.4, -0.2) is 15.0 Å². The van der Waals surface area contributed by atoms with Gasteiger partial charge in [-0.05, 0) is 18.2 Å². The van der Waals surface area contributed by atoms with Crippen LogP contribution < -0.4 is 5.32 Å². The number of aromatic amines is 1. The molecular formula is C14H16N4O. The average molecular weight is 256 g/mol. The third-order valence-electron chi connectivity index (χ3n) is 2.91. The van der Waals surface area contributed by atoms with Gasteiger partial charge in [0, 0.05) is 24.0 Å². The van der Waals surface area contributed by atoms with Crippen LogP contribution in [0.15, 0.2) is 35.0 Å². The normalized spacial score (nSPS) is 11.3. The van der Waals surface area contributed by atoms with Crippen LogP contribution in [-0.2, 0) is 6.54 Å². The van der Waals surface area contributed by atoms with Crippen LogP contribution in [0.25, 0.3) is 11.1 Å². The van der Waals surface area contributed by atoms with Gasteiger partial charge in [0.1, 0.15) is 11.3 Å². The SMILES string of the molecule is CC(C)c1nc2cc(NCc3ncc[nH]3)ccc2o1. The Labute approximate surface area is 111 Å². The lowest BCUT2D eigenvalue weighted by Crippen LogP contribution is -2.00. The van der Waals surface area contributed by atoms with Crippen molar-refractivity contribution in [2.24, 2.45) is 0 Å². The predicted molar refractivity (Wildman–Crippen MR) is 74.0 cm³/mol. The summed E-state index contributed by atoms with van der Waals surface area (Å²) >= 11 is 0. The molecule has 19 heavy (non-hydrogen) atoms. The van der Waals surface area contributed by atoms with Crippen molar-refractivity contribution in [2.45, 2.75) is 26.3 Å². The number of hydrogen-bond acceptors (Lipinski definition) is 4. The first kappa shape index (κ1) is 11.8. The molecule has 0 aliphatic heterocycles. The maximum atomic E-state index is 5.68. The highest BCUT2D eigenvalue weighted by atomic mass is 16.3. The van der Waals surface area contributed by atoms with Crippen LogP contribution >= 0.6 is 0 Å². The van der Waals surface area contributed by atoms with Crippen LogP contribution in [0.2, 0.25) is 0 Å². The van der Waals surface area contributed by atoms with Gasteiger partial charge in [-0.2, -0.15) is 0 Å². The number of rotatable bonds is 4. The summed E-state index contributed by atoms with van der Waals surface area (Å²) in [7, 11) is 0. The molecule has 0 amide bonds. The molecule has 0 bridgehead atoms. The Bertz CT molecular complexity index is 670. The van der Waals surface area contributed by atoms with E-state index in [2.05, 4.69) is 34.1 Å². The number of oxazole rings is 1. The molecule has 1 aromatic carbocycles. The zero-order chi connectivity index (χ0) is 13.2. The molecule has 5 heteroatoms. The number of benzene rings is 1. The van der Waals surface area contributed by atoms with Crippen LogP contribution in [0.1, 0.15) is 31.5 Å². The summed E-state index contributed by atoms with van der Waals surface area (Å²) in [5.41, 5.74) is 2.72. The van der Waals surface area contributed by atoms with Crippen molar-refractivity contribution in [1.29, 1.82) is 0 Å². The number of fused-ring (bicyclic) bond motifs is 1. The Morgan fingerprint density at radius 1 is 1.37 bits per heavy atom. The van der Waals surface area contributed by atoms with E-state index in [4.69, 9.17) is 4.42 Å². The molecule has 5 nitrogen and oxygen atoms in total. The van der Waals surface area contributed by atoms with E-state index in [0.29, 0.717) is 12.5 Å². The summed E-state index contributed by atoms with van der Waals surface area (Å²) in [6.45, 7) is 4.80. The zero-order valence-corrected chi connectivity index (χ0v) is 11.0. The molecule has 3 aromatic rings. The number of aromatic nitrogens is 3. The topological polar surface area (TPSA) is 66.7 Å². The number of hydrogen-bond donors (Lipinski definition) is 2. The molecule has 2 aromatic heterocycles. The van der Waals surface area contributed by atoms with Crippen molar-refractivity contribution < 1.29 is 4.42 Å². The van der Waals surface area contributed by atoms with Crippen molar-refractivity contribution in [3.8, 4) is 0 Å². The van der Waals surface area contributed by atoms with E-state index in [-0.39, 0.29) is 0 Å². The first-order valence-corrected chi connectivity index (χ1v) is 6.35. The molecule has 0 atom stereocenters. The van der Waals surface area contributed by atoms with Gasteiger partial charge in [-0.25, -0.2) is 9.97 Å². The Hall–Kier alpha value is -2.30. The Kier molecular flexibility index (Phi) is 2.95. The second-order valence-corrected chi connectivity index (χ2v) is 4.78.